The van der Waals surface area contributed by atoms with Crippen molar-refractivity contribution < 1.29 is 0 Å². The number of nitrogens with zero attached hydrogens (tertiary/aromatic N) is 4. The number of fused-ring (bicyclic) bond motifs is 6. The first-order valence-corrected chi connectivity index (χ1v) is 13.8. The second kappa shape index (κ2) is 9.24. The molecular weight excluding hydrogens is 512 g/mol. The lowest BCUT2D eigenvalue weighted by atomic mass is 10.0. The molecule has 0 unspecified atom stereocenters. The van der Waals surface area contributed by atoms with Gasteiger partial charge < -0.3 is 9.13 Å². The Hall–Kier alpha value is -6.10. The van der Waals surface area contributed by atoms with Crippen molar-refractivity contribution in [3.05, 3.63) is 150 Å². The third-order valence-corrected chi connectivity index (χ3v) is 8.15. The molecule has 42 heavy (non-hydrogen) atoms. The summed E-state index contributed by atoms with van der Waals surface area (Å²) in [6.45, 7) is 7.28. The maximum atomic E-state index is 9.56. The summed E-state index contributed by atoms with van der Waals surface area (Å²) in [6, 6.07) is 48.2. The minimum atomic E-state index is 0.638. The molecule has 2 heterocycles. The molecule has 0 N–H and O–H groups in total. The Balaban J connectivity index is 1.39. The highest BCUT2D eigenvalue weighted by Gasteiger charge is 2.17. The van der Waals surface area contributed by atoms with Gasteiger partial charge in [0, 0.05) is 32.9 Å². The summed E-state index contributed by atoms with van der Waals surface area (Å²) in [5.41, 5.74) is 10.0. The molecule has 0 aliphatic heterocycles. The van der Waals surface area contributed by atoms with Gasteiger partial charge in [0.15, 0.2) is 5.69 Å². The molecule has 8 rings (SSSR count). The molecule has 0 amide bonds. The Bertz CT molecular complexity index is 2430. The molecule has 0 saturated heterocycles. The Kier molecular flexibility index (Phi) is 5.22. The fourth-order valence-corrected chi connectivity index (χ4v) is 6.25. The van der Waals surface area contributed by atoms with Crippen LogP contribution in [0.25, 0.3) is 71.0 Å². The van der Waals surface area contributed by atoms with E-state index in [1.165, 1.54) is 10.8 Å². The first-order chi connectivity index (χ1) is 20.7. The Labute approximate surface area is 242 Å². The zero-order valence-corrected chi connectivity index (χ0v) is 22.5. The van der Waals surface area contributed by atoms with Crippen LogP contribution in [0.15, 0.2) is 133 Å². The summed E-state index contributed by atoms with van der Waals surface area (Å²) >= 11 is 0. The lowest BCUT2D eigenvalue weighted by molar-refractivity contribution is 1.15. The molecule has 0 spiro atoms. The van der Waals surface area contributed by atoms with E-state index in [9.17, 15) is 5.26 Å². The van der Waals surface area contributed by atoms with E-state index >= 15 is 0 Å². The molecule has 0 bridgehead atoms. The highest BCUT2D eigenvalue weighted by molar-refractivity contribution is 6.12. The average molecular weight is 535 g/mol. The number of nitriles is 1. The highest BCUT2D eigenvalue weighted by atomic mass is 15.0. The van der Waals surface area contributed by atoms with Gasteiger partial charge in [0.1, 0.15) is 0 Å². The Morgan fingerprint density at radius 2 is 1.14 bits per heavy atom. The zero-order valence-electron chi connectivity index (χ0n) is 22.5. The minimum Gasteiger partial charge on any atom is -0.309 e. The monoisotopic (exact) mass is 534 g/mol. The molecule has 0 saturated carbocycles. The summed E-state index contributed by atoms with van der Waals surface area (Å²) in [4.78, 5) is 3.54. The molecule has 0 aliphatic rings. The van der Waals surface area contributed by atoms with Crippen LogP contribution in [-0.2, 0) is 0 Å². The molecule has 8 aromatic rings. The standard InChI is InChI=1S/C38H22N4/c1-40-28-16-14-26(15-17-28)27-7-6-8-29(22-27)42-35-11-4-2-9-31(35)33-19-18-30(23-38(33)42)41-36-12-5-3-10-32(36)34-21-25(24-39)13-20-37(34)41/h2-23H. The number of rotatable bonds is 3. The van der Waals surface area contributed by atoms with Gasteiger partial charge in [0.25, 0.3) is 0 Å². The van der Waals surface area contributed by atoms with Crippen LogP contribution in [0.1, 0.15) is 5.56 Å². The van der Waals surface area contributed by atoms with E-state index < -0.39 is 0 Å². The minimum absolute atomic E-state index is 0.638. The molecule has 0 atom stereocenters. The van der Waals surface area contributed by atoms with E-state index in [2.05, 4.69) is 117 Å². The van der Waals surface area contributed by atoms with Crippen molar-refractivity contribution >= 4 is 49.3 Å². The van der Waals surface area contributed by atoms with Crippen LogP contribution in [0.5, 0.6) is 0 Å². The number of benzene rings is 6. The second-order valence-corrected chi connectivity index (χ2v) is 10.5. The van der Waals surface area contributed by atoms with E-state index in [0.717, 1.165) is 55.3 Å². The Morgan fingerprint density at radius 3 is 1.88 bits per heavy atom. The van der Waals surface area contributed by atoms with Crippen LogP contribution in [0.4, 0.5) is 5.69 Å². The topological polar surface area (TPSA) is 38.0 Å². The summed E-state index contributed by atoms with van der Waals surface area (Å²) < 4.78 is 4.63. The zero-order chi connectivity index (χ0) is 28.2. The van der Waals surface area contributed by atoms with Gasteiger partial charge in [-0.3, -0.25) is 0 Å². The van der Waals surface area contributed by atoms with Gasteiger partial charge in [-0.05, 0) is 65.7 Å². The SMILES string of the molecule is [C-]#[N+]c1ccc(-c2cccc(-n3c4ccccc4c4ccc(-n5c6ccccc6c6cc(C#N)ccc65)cc43)c2)cc1. The van der Waals surface area contributed by atoms with Crippen LogP contribution >= 0.6 is 0 Å². The third-order valence-electron chi connectivity index (χ3n) is 8.15. The normalized spacial score (nSPS) is 11.3. The maximum Gasteiger partial charge on any atom is 0.187 e. The molecular formula is C38H22N4. The van der Waals surface area contributed by atoms with Crippen LogP contribution < -0.4 is 0 Å². The second-order valence-electron chi connectivity index (χ2n) is 10.5. The summed E-state index contributed by atoms with van der Waals surface area (Å²) in [6.07, 6.45) is 0. The van der Waals surface area contributed by atoms with Gasteiger partial charge in [-0.1, -0.05) is 78.9 Å². The highest BCUT2D eigenvalue weighted by Crippen LogP contribution is 2.37. The largest absolute Gasteiger partial charge is 0.309 e. The number of para-hydroxylation sites is 2. The molecule has 0 radical (unpaired) electrons. The van der Waals surface area contributed by atoms with E-state index in [1.54, 1.807) is 0 Å². The molecule has 6 aromatic carbocycles. The van der Waals surface area contributed by atoms with Crippen LogP contribution in [0, 0.1) is 17.9 Å². The molecule has 2 aromatic heterocycles. The lowest BCUT2D eigenvalue weighted by Crippen LogP contribution is -1.97. The predicted octanol–water partition coefficient (Wildman–Crippen LogP) is 9.97. The molecule has 4 nitrogen and oxygen atoms in total. The smallest absolute Gasteiger partial charge is 0.187 e. The van der Waals surface area contributed by atoms with Crippen molar-refractivity contribution in [2.24, 2.45) is 0 Å². The predicted molar refractivity (Wildman–Crippen MR) is 172 cm³/mol. The molecule has 194 valence electrons. The molecule has 0 fully saturated rings. The first kappa shape index (κ1) is 23.8. The van der Waals surface area contributed by atoms with Crippen molar-refractivity contribution in [2.75, 3.05) is 0 Å². The number of aromatic nitrogens is 2. The van der Waals surface area contributed by atoms with Gasteiger partial charge in [0.2, 0.25) is 0 Å². The van der Waals surface area contributed by atoms with Crippen LogP contribution in [-0.4, -0.2) is 9.13 Å². The van der Waals surface area contributed by atoms with E-state index in [1.807, 2.05) is 36.4 Å². The van der Waals surface area contributed by atoms with Gasteiger partial charge >= 0.3 is 0 Å². The van der Waals surface area contributed by atoms with Crippen molar-refractivity contribution in [1.82, 2.24) is 9.13 Å². The number of hydrogen-bond acceptors (Lipinski definition) is 1. The molecule has 4 heteroatoms. The van der Waals surface area contributed by atoms with E-state index in [-0.39, 0.29) is 0 Å². The van der Waals surface area contributed by atoms with Gasteiger partial charge in [-0.25, -0.2) is 4.85 Å². The lowest BCUT2D eigenvalue weighted by Gasteiger charge is -2.12. The van der Waals surface area contributed by atoms with E-state index in [0.29, 0.717) is 11.3 Å². The fourth-order valence-electron chi connectivity index (χ4n) is 6.25. The maximum absolute atomic E-state index is 9.56. The van der Waals surface area contributed by atoms with Crippen molar-refractivity contribution in [2.45, 2.75) is 0 Å². The van der Waals surface area contributed by atoms with Crippen molar-refractivity contribution in [1.29, 1.82) is 5.26 Å². The summed E-state index contributed by atoms with van der Waals surface area (Å²) in [5, 5.41) is 14.2. The van der Waals surface area contributed by atoms with Crippen molar-refractivity contribution in [3.8, 4) is 28.6 Å². The first-order valence-electron chi connectivity index (χ1n) is 13.8. The Morgan fingerprint density at radius 1 is 0.500 bits per heavy atom. The third kappa shape index (κ3) is 3.53. The van der Waals surface area contributed by atoms with E-state index in [4.69, 9.17) is 6.57 Å². The molecule has 0 aliphatic carbocycles. The van der Waals surface area contributed by atoms with Gasteiger partial charge in [0.05, 0.1) is 40.3 Å². The quantitative estimate of drug-likeness (QED) is 0.208. The van der Waals surface area contributed by atoms with Crippen LogP contribution in [0.2, 0.25) is 0 Å². The average Bonchev–Trinajstić information content (AvgIpc) is 3.57. The number of hydrogen-bond donors (Lipinski definition) is 0. The summed E-state index contributed by atoms with van der Waals surface area (Å²) in [7, 11) is 0. The fraction of sp³-hybridized carbons (Fsp3) is 0. The van der Waals surface area contributed by atoms with Crippen molar-refractivity contribution in [3.63, 3.8) is 0 Å². The van der Waals surface area contributed by atoms with Crippen LogP contribution in [0.3, 0.4) is 0 Å². The summed E-state index contributed by atoms with van der Waals surface area (Å²) in [5.74, 6) is 0. The van der Waals surface area contributed by atoms with Gasteiger partial charge in [-0.2, -0.15) is 5.26 Å². The van der Waals surface area contributed by atoms with Gasteiger partial charge in [-0.15, -0.1) is 0 Å².